The molecular formula is C15H21Cl2NO3. The van der Waals surface area contributed by atoms with Crippen LogP contribution in [0.3, 0.4) is 0 Å². The highest BCUT2D eigenvalue weighted by Crippen LogP contribution is 2.23. The summed E-state index contributed by atoms with van der Waals surface area (Å²) >= 11 is 12.0. The molecule has 0 saturated carbocycles. The second-order valence-corrected chi connectivity index (χ2v) is 6.01. The van der Waals surface area contributed by atoms with Crippen molar-refractivity contribution in [2.24, 2.45) is 5.92 Å². The van der Waals surface area contributed by atoms with Gasteiger partial charge in [0.15, 0.2) is 0 Å². The minimum absolute atomic E-state index is 0.0452. The van der Waals surface area contributed by atoms with Crippen molar-refractivity contribution in [1.29, 1.82) is 0 Å². The Kier molecular flexibility index (Phi) is 7.46. The van der Waals surface area contributed by atoms with E-state index in [1.807, 2.05) is 13.0 Å². The first kappa shape index (κ1) is 18.2. The smallest absolute Gasteiger partial charge is 0.225 e. The monoisotopic (exact) mass is 333 g/mol. The van der Waals surface area contributed by atoms with E-state index >= 15 is 0 Å². The van der Waals surface area contributed by atoms with Crippen LogP contribution in [0.25, 0.3) is 0 Å². The van der Waals surface area contributed by atoms with E-state index < -0.39 is 6.10 Å². The van der Waals surface area contributed by atoms with Gasteiger partial charge < -0.3 is 14.7 Å². The summed E-state index contributed by atoms with van der Waals surface area (Å²) < 4.78 is 4.85. The van der Waals surface area contributed by atoms with Crippen LogP contribution in [0.4, 0.5) is 0 Å². The zero-order valence-electron chi connectivity index (χ0n) is 12.5. The normalized spacial score (nSPS) is 13.8. The quantitative estimate of drug-likeness (QED) is 0.834. The molecule has 4 nitrogen and oxygen atoms in total. The maximum atomic E-state index is 12.3. The van der Waals surface area contributed by atoms with Crippen molar-refractivity contribution in [3.63, 3.8) is 0 Å². The topological polar surface area (TPSA) is 49.8 Å². The van der Waals surface area contributed by atoms with E-state index in [0.29, 0.717) is 16.5 Å². The lowest BCUT2D eigenvalue weighted by Gasteiger charge is -2.24. The van der Waals surface area contributed by atoms with Gasteiger partial charge in [-0.1, -0.05) is 36.2 Å². The highest BCUT2D eigenvalue weighted by Gasteiger charge is 2.20. The zero-order chi connectivity index (χ0) is 16.0. The number of carbonyl (C=O) groups is 1. The molecule has 0 radical (unpaired) electrons. The first-order valence-electron chi connectivity index (χ1n) is 6.71. The van der Waals surface area contributed by atoms with Gasteiger partial charge in [0.05, 0.1) is 12.7 Å². The van der Waals surface area contributed by atoms with Crippen LogP contribution >= 0.6 is 23.2 Å². The van der Waals surface area contributed by atoms with Crippen LogP contribution < -0.4 is 0 Å². The van der Waals surface area contributed by atoms with Gasteiger partial charge in [0.2, 0.25) is 5.91 Å². The molecule has 1 amide bonds. The Morgan fingerprint density at radius 3 is 2.67 bits per heavy atom. The van der Waals surface area contributed by atoms with E-state index in [9.17, 15) is 9.90 Å². The van der Waals surface area contributed by atoms with Crippen LogP contribution in [0.2, 0.25) is 10.0 Å². The van der Waals surface area contributed by atoms with Gasteiger partial charge >= 0.3 is 0 Å². The number of aliphatic hydroxyl groups excluding tert-OH is 1. The molecule has 1 aromatic carbocycles. The Balaban J connectivity index is 2.61. The number of halogens is 2. The number of hydrogen-bond donors (Lipinski definition) is 1. The van der Waals surface area contributed by atoms with Gasteiger partial charge in [-0.25, -0.2) is 0 Å². The number of hydrogen-bond acceptors (Lipinski definition) is 3. The van der Waals surface area contributed by atoms with Gasteiger partial charge in [-0.05, 0) is 24.1 Å². The predicted molar refractivity (Wildman–Crippen MR) is 84.8 cm³/mol. The average Bonchev–Trinajstić information content (AvgIpc) is 2.41. The standard InChI is InChI=1S/C15H21Cl2NO3/c1-10(6-11-4-5-12(16)7-14(11)17)15(20)18(2)8-13(19)9-21-3/h4-5,7,10,13,19H,6,8-9H2,1-3H3. The number of aliphatic hydroxyl groups is 1. The Hall–Kier alpha value is -0.810. The van der Waals surface area contributed by atoms with Gasteiger partial charge in [-0.2, -0.15) is 0 Å². The number of nitrogens with zero attached hydrogens (tertiary/aromatic N) is 1. The summed E-state index contributed by atoms with van der Waals surface area (Å²) in [5.74, 6) is -0.278. The maximum Gasteiger partial charge on any atom is 0.225 e. The summed E-state index contributed by atoms with van der Waals surface area (Å²) in [6.07, 6.45) is -0.158. The number of carbonyl (C=O) groups excluding carboxylic acids is 1. The van der Waals surface area contributed by atoms with E-state index in [1.165, 1.54) is 12.0 Å². The number of amides is 1. The largest absolute Gasteiger partial charge is 0.389 e. The molecule has 1 aromatic rings. The lowest BCUT2D eigenvalue weighted by atomic mass is 9.99. The summed E-state index contributed by atoms with van der Waals surface area (Å²) in [6.45, 7) is 2.28. The van der Waals surface area contributed by atoms with E-state index in [2.05, 4.69) is 0 Å². The number of likely N-dealkylation sites (N-methyl/N-ethyl adjacent to an activating group) is 1. The highest BCUT2D eigenvalue weighted by molar-refractivity contribution is 6.35. The third-order valence-electron chi connectivity index (χ3n) is 3.18. The van der Waals surface area contributed by atoms with Gasteiger partial charge in [0.1, 0.15) is 0 Å². The molecule has 2 atom stereocenters. The van der Waals surface area contributed by atoms with Gasteiger partial charge in [0.25, 0.3) is 0 Å². The van der Waals surface area contributed by atoms with Crippen LogP contribution in [-0.2, 0) is 16.0 Å². The Bertz CT molecular complexity index is 482. The first-order chi connectivity index (χ1) is 9.85. The molecule has 0 saturated heterocycles. The minimum atomic E-state index is -0.685. The molecule has 0 aliphatic rings. The molecule has 0 aromatic heterocycles. The maximum absolute atomic E-state index is 12.3. The van der Waals surface area contributed by atoms with Crippen molar-refractivity contribution in [2.45, 2.75) is 19.4 Å². The van der Waals surface area contributed by atoms with Crippen LogP contribution in [0, 0.1) is 5.92 Å². The molecule has 1 N–H and O–H groups in total. The highest BCUT2D eigenvalue weighted by atomic mass is 35.5. The van der Waals surface area contributed by atoms with Crippen molar-refractivity contribution in [3.8, 4) is 0 Å². The van der Waals surface area contributed by atoms with Crippen LogP contribution in [0.1, 0.15) is 12.5 Å². The summed E-state index contributed by atoms with van der Waals surface area (Å²) in [5, 5.41) is 10.8. The number of methoxy groups -OCH3 is 1. The van der Waals surface area contributed by atoms with Crippen molar-refractivity contribution >= 4 is 29.1 Å². The fourth-order valence-corrected chi connectivity index (χ4v) is 2.62. The molecule has 0 heterocycles. The van der Waals surface area contributed by atoms with Crippen molar-refractivity contribution < 1.29 is 14.6 Å². The zero-order valence-corrected chi connectivity index (χ0v) is 14.0. The van der Waals surface area contributed by atoms with Gasteiger partial charge in [-0.3, -0.25) is 4.79 Å². The SMILES string of the molecule is COCC(O)CN(C)C(=O)C(C)Cc1ccc(Cl)cc1Cl. The lowest BCUT2D eigenvalue weighted by Crippen LogP contribution is -2.39. The molecule has 0 fully saturated rings. The minimum Gasteiger partial charge on any atom is -0.389 e. The van der Waals surface area contributed by atoms with Gasteiger partial charge in [0, 0.05) is 36.7 Å². The molecule has 21 heavy (non-hydrogen) atoms. The molecular weight excluding hydrogens is 313 g/mol. The van der Waals surface area contributed by atoms with E-state index in [-0.39, 0.29) is 25.0 Å². The summed E-state index contributed by atoms with van der Waals surface area (Å²) in [7, 11) is 3.18. The molecule has 118 valence electrons. The third kappa shape index (κ3) is 5.83. The fraction of sp³-hybridized carbons (Fsp3) is 0.533. The average molecular weight is 334 g/mol. The molecule has 2 unspecified atom stereocenters. The first-order valence-corrected chi connectivity index (χ1v) is 7.46. The molecule has 6 heteroatoms. The van der Waals surface area contributed by atoms with Crippen molar-refractivity contribution in [3.05, 3.63) is 33.8 Å². The van der Waals surface area contributed by atoms with Crippen molar-refractivity contribution in [2.75, 3.05) is 27.3 Å². The fourth-order valence-electron chi connectivity index (χ4n) is 2.13. The number of benzene rings is 1. The molecule has 1 rings (SSSR count). The van der Waals surface area contributed by atoms with Crippen LogP contribution in [-0.4, -0.2) is 49.3 Å². The Morgan fingerprint density at radius 1 is 1.43 bits per heavy atom. The Labute approximate surface area is 135 Å². The van der Waals surface area contributed by atoms with E-state index in [4.69, 9.17) is 27.9 Å². The summed E-state index contributed by atoms with van der Waals surface area (Å²) in [4.78, 5) is 13.8. The number of rotatable bonds is 7. The summed E-state index contributed by atoms with van der Waals surface area (Å²) in [6, 6.07) is 5.25. The Morgan fingerprint density at radius 2 is 2.10 bits per heavy atom. The molecule has 0 spiro atoms. The van der Waals surface area contributed by atoms with E-state index in [1.54, 1.807) is 19.2 Å². The second-order valence-electron chi connectivity index (χ2n) is 5.17. The van der Waals surface area contributed by atoms with Crippen LogP contribution in [0.5, 0.6) is 0 Å². The van der Waals surface area contributed by atoms with Crippen LogP contribution in [0.15, 0.2) is 18.2 Å². The molecule has 0 bridgehead atoms. The molecule has 0 aliphatic heterocycles. The predicted octanol–water partition coefficient (Wildman–Crippen LogP) is 2.64. The summed E-state index contributed by atoms with van der Waals surface area (Å²) in [5.41, 5.74) is 0.882. The second kappa shape index (κ2) is 8.59. The number of ether oxygens (including phenoxy) is 1. The lowest BCUT2D eigenvalue weighted by molar-refractivity contribution is -0.135. The molecule has 0 aliphatic carbocycles. The third-order valence-corrected chi connectivity index (χ3v) is 3.77. The van der Waals surface area contributed by atoms with E-state index in [0.717, 1.165) is 5.56 Å². The van der Waals surface area contributed by atoms with Gasteiger partial charge in [-0.15, -0.1) is 0 Å². The van der Waals surface area contributed by atoms with Crippen molar-refractivity contribution in [1.82, 2.24) is 4.90 Å².